The lowest BCUT2D eigenvalue weighted by molar-refractivity contribution is -0.132. The predicted molar refractivity (Wildman–Crippen MR) is 138 cm³/mol. The number of thioether (sulfide) groups is 1. The van der Waals surface area contributed by atoms with E-state index < -0.39 is 5.85 Å². The standard InChI is InChI=1S/C25H35FN2O2S.C2H6/c1-5-14-31-17-18(2)24(29)28(23-11-8-21-15-20(23)12-13-27-21)16-19-6-9-22(10-7-19)30-25(3,4)26;1-2/h5-7,9-10,14,17,20-21,23,27H,8,11-13,15-16H2,1-4H3;1-2H3/b14-5-,18-17+;. The molecule has 1 amide bonds. The molecule has 3 atom stereocenters. The van der Waals surface area contributed by atoms with Gasteiger partial charge in [-0.1, -0.05) is 32.1 Å². The highest BCUT2D eigenvalue weighted by Crippen LogP contribution is 2.35. The van der Waals surface area contributed by atoms with E-state index in [9.17, 15) is 9.18 Å². The Morgan fingerprint density at radius 1 is 1.24 bits per heavy atom. The minimum atomic E-state index is -1.72. The third-order valence-electron chi connectivity index (χ3n) is 5.99. The number of fused-ring (bicyclic) bond motifs is 2. The van der Waals surface area contributed by atoms with Gasteiger partial charge in [-0.3, -0.25) is 4.79 Å². The molecule has 1 heterocycles. The minimum Gasteiger partial charge on any atom is -0.459 e. The van der Waals surface area contributed by atoms with Crippen molar-refractivity contribution in [3.63, 3.8) is 0 Å². The Labute approximate surface area is 204 Å². The molecule has 0 spiro atoms. The number of allylic oxidation sites excluding steroid dienone is 1. The molecule has 1 saturated carbocycles. The van der Waals surface area contributed by atoms with Crippen LogP contribution in [-0.2, 0) is 11.3 Å². The van der Waals surface area contributed by atoms with E-state index in [1.54, 1.807) is 12.1 Å². The van der Waals surface area contributed by atoms with E-state index in [0.717, 1.165) is 43.4 Å². The first kappa shape index (κ1) is 27.5. The lowest BCUT2D eigenvalue weighted by Gasteiger charge is -2.46. The van der Waals surface area contributed by atoms with Gasteiger partial charge in [0.25, 0.3) is 5.91 Å². The average molecular weight is 477 g/mol. The van der Waals surface area contributed by atoms with Crippen molar-refractivity contribution in [3.8, 4) is 5.75 Å². The Balaban J connectivity index is 0.00000187. The number of halogens is 1. The predicted octanol–water partition coefficient (Wildman–Crippen LogP) is 6.83. The van der Waals surface area contributed by atoms with E-state index in [4.69, 9.17) is 4.74 Å². The molecule has 1 N–H and O–H groups in total. The van der Waals surface area contributed by atoms with Gasteiger partial charge < -0.3 is 15.0 Å². The quantitative estimate of drug-likeness (QED) is 0.418. The van der Waals surface area contributed by atoms with Crippen molar-refractivity contribution in [2.24, 2.45) is 5.92 Å². The first-order chi connectivity index (χ1) is 15.8. The van der Waals surface area contributed by atoms with Crippen LogP contribution in [0.1, 0.15) is 72.8 Å². The molecular weight excluding hydrogens is 435 g/mol. The summed E-state index contributed by atoms with van der Waals surface area (Å²) in [4.78, 5) is 15.6. The maximum atomic E-state index is 13.8. The normalized spacial score (nSPS) is 23.0. The van der Waals surface area contributed by atoms with Crippen molar-refractivity contribution < 1.29 is 13.9 Å². The Morgan fingerprint density at radius 3 is 2.58 bits per heavy atom. The number of hydrogen-bond acceptors (Lipinski definition) is 4. The zero-order chi connectivity index (χ0) is 24.4. The number of hydrogen-bond donors (Lipinski definition) is 1. The smallest absolute Gasteiger partial charge is 0.250 e. The molecule has 33 heavy (non-hydrogen) atoms. The number of carbonyl (C=O) groups excluding carboxylic acids is 1. The summed E-state index contributed by atoms with van der Waals surface area (Å²) in [6.45, 7) is 12.2. The lowest BCUT2D eigenvalue weighted by atomic mass is 9.76. The zero-order valence-electron chi connectivity index (χ0n) is 21.1. The number of benzene rings is 1. The largest absolute Gasteiger partial charge is 0.459 e. The average Bonchev–Trinajstić information content (AvgIpc) is 2.79. The van der Waals surface area contributed by atoms with E-state index >= 15 is 0 Å². The highest BCUT2D eigenvalue weighted by molar-refractivity contribution is 8.04. The zero-order valence-corrected chi connectivity index (χ0v) is 21.9. The summed E-state index contributed by atoms with van der Waals surface area (Å²) in [5.41, 5.74) is 1.79. The minimum absolute atomic E-state index is 0.101. The molecule has 184 valence electrons. The molecule has 0 aromatic heterocycles. The Bertz CT molecular complexity index is 801. The number of nitrogens with one attached hydrogen (secondary N) is 1. The fourth-order valence-electron chi connectivity index (χ4n) is 4.60. The first-order valence-corrected chi connectivity index (χ1v) is 13.2. The number of amides is 1. The molecule has 1 saturated heterocycles. The second kappa shape index (κ2) is 13.2. The second-order valence-corrected chi connectivity index (χ2v) is 9.81. The van der Waals surface area contributed by atoms with Crippen LogP contribution in [-0.4, -0.2) is 35.3 Å². The number of alkyl halides is 1. The molecule has 3 unspecified atom stereocenters. The topological polar surface area (TPSA) is 41.6 Å². The SMILES string of the molecule is C/C=C\S/C=C(\C)C(=O)N(Cc1ccc(OC(C)(C)F)cc1)C1CCC2CC1CCN2.CC. The molecule has 1 aliphatic carbocycles. The summed E-state index contributed by atoms with van der Waals surface area (Å²) in [6.07, 6.45) is 6.36. The van der Waals surface area contributed by atoms with E-state index in [1.807, 2.05) is 56.7 Å². The van der Waals surface area contributed by atoms with E-state index in [2.05, 4.69) is 10.2 Å². The molecule has 4 nitrogen and oxygen atoms in total. The summed E-state index contributed by atoms with van der Waals surface area (Å²) in [6, 6.07) is 8.28. The molecule has 2 bridgehead atoms. The van der Waals surface area contributed by atoms with Gasteiger partial charge in [0.05, 0.1) is 0 Å². The van der Waals surface area contributed by atoms with Crippen molar-refractivity contribution in [2.75, 3.05) is 6.54 Å². The van der Waals surface area contributed by atoms with Crippen molar-refractivity contribution in [2.45, 2.75) is 91.7 Å². The molecule has 2 fully saturated rings. The third-order valence-corrected chi connectivity index (χ3v) is 6.90. The van der Waals surface area contributed by atoms with E-state index in [0.29, 0.717) is 24.3 Å². The van der Waals surface area contributed by atoms with Crippen LogP contribution < -0.4 is 10.1 Å². The summed E-state index contributed by atoms with van der Waals surface area (Å²) >= 11 is 1.53. The molecule has 6 heteroatoms. The number of carbonyl (C=O) groups is 1. The monoisotopic (exact) mass is 476 g/mol. The Hall–Kier alpha value is -1.79. The highest BCUT2D eigenvalue weighted by Gasteiger charge is 2.38. The van der Waals surface area contributed by atoms with Gasteiger partial charge >= 0.3 is 0 Å². The molecule has 1 aromatic carbocycles. The Morgan fingerprint density at radius 2 is 1.94 bits per heavy atom. The van der Waals surface area contributed by atoms with Gasteiger partial charge in [0.15, 0.2) is 0 Å². The summed E-state index contributed by atoms with van der Waals surface area (Å²) in [7, 11) is 0. The number of ether oxygens (including phenoxy) is 1. The highest BCUT2D eigenvalue weighted by atomic mass is 32.2. The van der Waals surface area contributed by atoms with Gasteiger partial charge in [0.1, 0.15) is 5.75 Å². The maximum absolute atomic E-state index is 13.8. The van der Waals surface area contributed by atoms with Crippen molar-refractivity contribution in [3.05, 3.63) is 52.3 Å². The number of piperidine rings is 1. The second-order valence-electron chi connectivity index (χ2n) is 9.03. The lowest BCUT2D eigenvalue weighted by Crippen LogP contribution is -2.53. The fraction of sp³-hybridized carbons (Fsp3) is 0.593. The van der Waals surface area contributed by atoms with Crippen LogP contribution in [0.5, 0.6) is 5.75 Å². The molecule has 0 radical (unpaired) electrons. The Kier molecular flexibility index (Phi) is 11.0. The van der Waals surface area contributed by atoms with Crippen LogP contribution in [0.4, 0.5) is 4.39 Å². The van der Waals surface area contributed by atoms with Gasteiger partial charge in [-0.05, 0) is 80.5 Å². The van der Waals surface area contributed by atoms with Crippen LogP contribution in [0.2, 0.25) is 0 Å². The molecule has 3 rings (SSSR count). The van der Waals surface area contributed by atoms with Crippen LogP contribution in [0, 0.1) is 5.92 Å². The van der Waals surface area contributed by atoms with Crippen LogP contribution in [0.25, 0.3) is 0 Å². The van der Waals surface area contributed by atoms with Gasteiger partial charge in [0, 0.05) is 38.0 Å². The number of rotatable bonds is 8. The van der Waals surface area contributed by atoms with Crippen molar-refractivity contribution >= 4 is 17.7 Å². The van der Waals surface area contributed by atoms with E-state index in [-0.39, 0.29) is 11.9 Å². The fourth-order valence-corrected chi connectivity index (χ4v) is 5.14. The molecule has 1 aliphatic heterocycles. The molecule has 2 aliphatic rings. The van der Waals surface area contributed by atoms with Gasteiger partial charge in [-0.15, -0.1) is 11.8 Å². The van der Waals surface area contributed by atoms with Crippen molar-refractivity contribution in [1.82, 2.24) is 10.2 Å². The van der Waals surface area contributed by atoms with Crippen LogP contribution in [0.15, 0.2) is 46.7 Å². The van der Waals surface area contributed by atoms with Gasteiger partial charge in [0.2, 0.25) is 5.85 Å². The van der Waals surface area contributed by atoms with Crippen LogP contribution in [0.3, 0.4) is 0 Å². The van der Waals surface area contributed by atoms with Crippen LogP contribution >= 0.6 is 11.8 Å². The van der Waals surface area contributed by atoms with Gasteiger partial charge in [-0.25, -0.2) is 0 Å². The molecule has 1 aromatic rings. The summed E-state index contributed by atoms with van der Waals surface area (Å²) in [5.74, 6) is -0.588. The third kappa shape index (κ3) is 8.49. The molecular formula is C27H41FN2O2S. The first-order valence-electron chi connectivity index (χ1n) is 12.2. The van der Waals surface area contributed by atoms with Gasteiger partial charge in [-0.2, -0.15) is 4.39 Å². The maximum Gasteiger partial charge on any atom is 0.250 e. The summed E-state index contributed by atoms with van der Waals surface area (Å²) < 4.78 is 19.1. The summed E-state index contributed by atoms with van der Waals surface area (Å²) in [5, 5.41) is 7.51. The van der Waals surface area contributed by atoms with E-state index in [1.165, 1.54) is 25.6 Å². The number of nitrogens with zero attached hydrogens (tertiary/aromatic N) is 1. The van der Waals surface area contributed by atoms with Crippen molar-refractivity contribution in [1.29, 1.82) is 0 Å².